The molecular formula is C12H22N2. The van der Waals surface area contributed by atoms with Gasteiger partial charge in [-0.05, 0) is 45.1 Å². The van der Waals surface area contributed by atoms with Gasteiger partial charge in [0.2, 0.25) is 0 Å². The summed E-state index contributed by atoms with van der Waals surface area (Å²) in [6, 6.07) is 1.16. The van der Waals surface area contributed by atoms with Crippen LogP contribution in [-0.4, -0.2) is 18.6 Å². The molecule has 1 rings (SSSR count). The van der Waals surface area contributed by atoms with Crippen molar-refractivity contribution < 1.29 is 0 Å². The van der Waals surface area contributed by atoms with E-state index in [4.69, 9.17) is 12.2 Å². The molecule has 2 heteroatoms. The van der Waals surface area contributed by atoms with Gasteiger partial charge in [0.05, 0.1) is 0 Å². The van der Waals surface area contributed by atoms with Gasteiger partial charge < -0.3 is 11.1 Å². The van der Waals surface area contributed by atoms with E-state index in [1.807, 2.05) is 0 Å². The van der Waals surface area contributed by atoms with E-state index in [1.54, 1.807) is 0 Å². The average molecular weight is 194 g/mol. The molecule has 80 valence electrons. The highest BCUT2D eigenvalue weighted by molar-refractivity contribution is 4.83. The highest BCUT2D eigenvalue weighted by Crippen LogP contribution is 2.16. The zero-order valence-corrected chi connectivity index (χ0v) is 8.97. The summed E-state index contributed by atoms with van der Waals surface area (Å²) < 4.78 is 0. The second-order valence-corrected chi connectivity index (χ2v) is 4.23. The van der Waals surface area contributed by atoms with Crippen LogP contribution in [0.5, 0.6) is 0 Å². The van der Waals surface area contributed by atoms with Gasteiger partial charge in [-0.15, -0.1) is 12.3 Å². The van der Waals surface area contributed by atoms with Gasteiger partial charge in [0.15, 0.2) is 0 Å². The fourth-order valence-electron chi connectivity index (χ4n) is 1.98. The number of rotatable bonds is 5. The second kappa shape index (κ2) is 6.86. The molecule has 1 fully saturated rings. The molecule has 2 nitrogen and oxygen atoms in total. The SMILES string of the molecule is C#CCCCCNC1CCC(N)CC1. The molecular weight excluding hydrogens is 172 g/mol. The molecule has 0 heterocycles. The Balaban J connectivity index is 1.94. The summed E-state index contributed by atoms with van der Waals surface area (Å²) in [4.78, 5) is 0. The summed E-state index contributed by atoms with van der Waals surface area (Å²) in [5, 5.41) is 3.58. The molecule has 1 saturated carbocycles. The quantitative estimate of drug-likeness (QED) is 0.516. The van der Waals surface area contributed by atoms with Crippen LogP contribution in [0.15, 0.2) is 0 Å². The lowest BCUT2D eigenvalue weighted by molar-refractivity contribution is 0.341. The van der Waals surface area contributed by atoms with Gasteiger partial charge in [0, 0.05) is 18.5 Å². The van der Waals surface area contributed by atoms with Crippen molar-refractivity contribution in [2.75, 3.05) is 6.54 Å². The average Bonchev–Trinajstić information content (AvgIpc) is 2.21. The maximum atomic E-state index is 5.84. The monoisotopic (exact) mass is 194 g/mol. The molecule has 0 unspecified atom stereocenters. The molecule has 1 aliphatic rings. The van der Waals surface area contributed by atoms with Crippen molar-refractivity contribution in [3.8, 4) is 12.3 Å². The lowest BCUT2D eigenvalue weighted by atomic mass is 9.92. The van der Waals surface area contributed by atoms with Crippen LogP contribution in [0.25, 0.3) is 0 Å². The standard InChI is InChI=1S/C12H22N2/c1-2-3-4-5-10-14-12-8-6-11(13)7-9-12/h1,11-12,14H,3-10,13H2. The van der Waals surface area contributed by atoms with Gasteiger partial charge in [-0.25, -0.2) is 0 Å². The highest BCUT2D eigenvalue weighted by atomic mass is 14.9. The normalized spacial score (nSPS) is 27.1. The molecule has 0 aliphatic heterocycles. The number of unbranched alkanes of at least 4 members (excludes halogenated alkanes) is 2. The summed E-state index contributed by atoms with van der Waals surface area (Å²) in [6.45, 7) is 1.11. The van der Waals surface area contributed by atoms with Crippen molar-refractivity contribution in [1.82, 2.24) is 5.32 Å². The van der Waals surface area contributed by atoms with Crippen molar-refractivity contribution in [3.05, 3.63) is 0 Å². The van der Waals surface area contributed by atoms with Gasteiger partial charge in [-0.1, -0.05) is 0 Å². The van der Waals surface area contributed by atoms with E-state index >= 15 is 0 Å². The second-order valence-electron chi connectivity index (χ2n) is 4.23. The van der Waals surface area contributed by atoms with E-state index in [-0.39, 0.29) is 0 Å². The minimum atomic E-state index is 0.453. The van der Waals surface area contributed by atoms with Gasteiger partial charge in [0.1, 0.15) is 0 Å². The minimum Gasteiger partial charge on any atom is -0.328 e. The lowest BCUT2D eigenvalue weighted by Crippen LogP contribution is -2.37. The third kappa shape index (κ3) is 4.64. The van der Waals surface area contributed by atoms with Crippen molar-refractivity contribution in [3.63, 3.8) is 0 Å². The van der Waals surface area contributed by atoms with Crippen molar-refractivity contribution in [1.29, 1.82) is 0 Å². The van der Waals surface area contributed by atoms with E-state index in [0.717, 1.165) is 19.4 Å². The maximum Gasteiger partial charge on any atom is 0.00865 e. The number of nitrogens with one attached hydrogen (secondary N) is 1. The summed E-state index contributed by atoms with van der Waals surface area (Å²) in [6.07, 6.45) is 13.3. The Labute approximate surface area is 87.6 Å². The van der Waals surface area contributed by atoms with E-state index < -0.39 is 0 Å². The van der Waals surface area contributed by atoms with Crippen LogP contribution in [0.1, 0.15) is 44.9 Å². The van der Waals surface area contributed by atoms with Crippen LogP contribution in [0.2, 0.25) is 0 Å². The Bertz CT molecular complexity index is 175. The summed E-state index contributed by atoms with van der Waals surface area (Å²) >= 11 is 0. The van der Waals surface area contributed by atoms with Crippen LogP contribution in [-0.2, 0) is 0 Å². The van der Waals surface area contributed by atoms with E-state index in [0.29, 0.717) is 12.1 Å². The fourth-order valence-corrected chi connectivity index (χ4v) is 1.98. The van der Waals surface area contributed by atoms with Gasteiger partial charge in [0.25, 0.3) is 0 Å². The van der Waals surface area contributed by atoms with Crippen molar-refractivity contribution in [2.45, 2.75) is 57.0 Å². The Kier molecular flexibility index (Phi) is 5.66. The molecule has 0 aromatic heterocycles. The van der Waals surface area contributed by atoms with E-state index in [2.05, 4.69) is 11.2 Å². The molecule has 0 amide bonds. The Morgan fingerprint density at radius 2 is 1.93 bits per heavy atom. The summed E-state index contributed by atoms with van der Waals surface area (Å²) in [5.74, 6) is 2.67. The first-order valence-corrected chi connectivity index (χ1v) is 5.75. The van der Waals surface area contributed by atoms with Crippen molar-refractivity contribution >= 4 is 0 Å². The Hall–Kier alpha value is -0.520. The molecule has 3 N–H and O–H groups in total. The van der Waals surface area contributed by atoms with Crippen LogP contribution < -0.4 is 11.1 Å². The molecule has 1 aliphatic carbocycles. The summed E-state index contributed by atoms with van der Waals surface area (Å²) in [5.41, 5.74) is 5.84. The molecule has 0 aromatic carbocycles. The first-order valence-electron chi connectivity index (χ1n) is 5.75. The lowest BCUT2D eigenvalue weighted by Gasteiger charge is -2.26. The number of hydrogen-bond acceptors (Lipinski definition) is 2. The van der Waals surface area contributed by atoms with Crippen LogP contribution >= 0.6 is 0 Å². The van der Waals surface area contributed by atoms with Crippen LogP contribution in [0.4, 0.5) is 0 Å². The van der Waals surface area contributed by atoms with Gasteiger partial charge in [-0.3, -0.25) is 0 Å². The van der Waals surface area contributed by atoms with Gasteiger partial charge >= 0.3 is 0 Å². The molecule has 14 heavy (non-hydrogen) atoms. The number of hydrogen-bond donors (Lipinski definition) is 2. The number of terminal acetylenes is 1. The van der Waals surface area contributed by atoms with E-state index in [9.17, 15) is 0 Å². The number of nitrogens with two attached hydrogens (primary N) is 1. The van der Waals surface area contributed by atoms with Crippen LogP contribution in [0.3, 0.4) is 0 Å². The molecule has 0 aromatic rings. The first-order chi connectivity index (χ1) is 6.83. The molecule has 0 radical (unpaired) electrons. The van der Waals surface area contributed by atoms with Gasteiger partial charge in [-0.2, -0.15) is 0 Å². The molecule has 0 saturated heterocycles. The highest BCUT2D eigenvalue weighted by Gasteiger charge is 2.17. The molecule has 0 atom stereocenters. The smallest absolute Gasteiger partial charge is 0.00865 e. The predicted octanol–water partition coefficient (Wildman–Crippen LogP) is 1.65. The minimum absolute atomic E-state index is 0.453. The zero-order valence-electron chi connectivity index (χ0n) is 8.97. The van der Waals surface area contributed by atoms with E-state index in [1.165, 1.54) is 32.1 Å². The largest absolute Gasteiger partial charge is 0.328 e. The third-order valence-corrected chi connectivity index (χ3v) is 2.95. The summed E-state index contributed by atoms with van der Waals surface area (Å²) in [7, 11) is 0. The zero-order chi connectivity index (χ0) is 10.2. The third-order valence-electron chi connectivity index (χ3n) is 2.95. The van der Waals surface area contributed by atoms with Crippen molar-refractivity contribution in [2.24, 2.45) is 5.73 Å². The van der Waals surface area contributed by atoms with Crippen LogP contribution in [0, 0.1) is 12.3 Å². The predicted molar refractivity (Wildman–Crippen MR) is 60.9 cm³/mol. The molecule has 0 bridgehead atoms. The maximum absolute atomic E-state index is 5.84. The Morgan fingerprint density at radius 1 is 1.21 bits per heavy atom. The fraction of sp³-hybridized carbons (Fsp3) is 0.833. The Morgan fingerprint density at radius 3 is 2.57 bits per heavy atom. The topological polar surface area (TPSA) is 38.0 Å². The molecule has 0 spiro atoms. The first kappa shape index (κ1) is 11.6.